The Labute approximate surface area is 152 Å². The molecule has 0 amide bonds. The fourth-order valence-electron chi connectivity index (χ4n) is 3.55. The monoisotopic (exact) mass is 353 g/mol. The molecule has 0 saturated carbocycles. The average Bonchev–Trinajstić information content (AvgIpc) is 3.22. The summed E-state index contributed by atoms with van der Waals surface area (Å²) >= 11 is 0. The Morgan fingerprint density at radius 2 is 2.19 bits per heavy atom. The van der Waals surface area contributed by atoms with Gasteiger partial charge in [0.05, 0.1) is 31.2 Å². The van der Waals surface area contributed by atoms with Crippen LogP contribution in [0.4, 0.5) is 0 Å². The van der Waals surface area contributed by atoms with Crippen molar-refractivity contribution in [3.8, 4) is 0 Å². The van der Waals surface area contributed by atoms with Crippen LogP contribution in [0.15, 0.2) is 41.0 Å². The van der Waals surface area contributed by atoms with Crippen molar-refractivity contribution in [1.29, 1.82) is 0 Å². The van der Waals surface area contributed by atoms with E-state index in [1.165, 1.54) is 18.4 Å². The second-order valence-corrected chi connectivity index (χ2v) is 6.78. The van der Waals surface area contributed by atoms with E-state index in [0.29, 0.717) is 12.8 Å². The number of esters is 1. The van der Waals surface area contributed by atoms with Crippen molar-refractivity contribution in [2.75, 3.05) is 13.7 Å². The quantitative estimate of drug-likeness (QED) is 0.660. The Morgan fingerprint density at radius 1 is 1.27 bits per heavy atom. The van der Waals surface area contributed by atoms with Crippen molar-refractivity contribution in [3.05, 3.63) is 53.5 Å². The van der Waals surface area contributed by atoms with E-state index < -0.39 is 0 Å². The fourth-order valence-corrected chi connectivity index (χ4v) is 3.55. The zero-order chi connectivity index (χ0) is 17.9. The standard InChI is InChI=1S/C20H23N3O3/c1-25-20(24)6-4-17-12-18-14-22(8-2-9-23(18)21-17)13-15-3-5-19-16(11-15)7-10-26-19/h3,5,7,10-12H,2,4,6,8-9,13-14H2,1H3. The Bertz CT molecular complexity index is 912. The van der Waals surface area contributed by atoms with E-state index in [0.717, 1.165) is 49.3 Å². The van der Waals surface area contributed by atoms with Gasteiger partial charge in [-0.05, 0) is 36.2 Å². The molecule has 2 aromatic heterocycles. The first-order valence-electron chi connectivity index (χ1n) is 9.02. The number of ether oxygens (including phenoxy) is 1. The number of carbonyl (C=O) groups excluding carboxylic acids is 1. The molecule has 0 radical (unpaired) electrons. The number of carbonyl (C=O) groups is 1. The summed E-state index contributed by atoms with van der Waals surface area (Å²) in [4.78, 5) is 13.8. The maximum atomic E-state index is 11.3. The summed E-state index contributed by atoms with van der Waals surface area (Å²) in [5.74, 6) is -0.190. The van der Waals surface area contributed by atoms with Crippen LogP contribution in [-0.4, -0.2) is 34.3 Å². The highest BCUT2D eigenvalue weighted by molar-refractivity contribution is 5.77. The molecule has 26 heavy (non-hydrogen) atoms. The third-order valence-electron chi connectivity index (χ3n) is 4.88. The van der Waals surface area contributed by atoms with Crippen LogP contribution in [0.25, 0.3) is 11.0 Å². The normalized spacial score (nSPS) is 15.0. The molecule has 6 heteroatoms. The molecule has 0 saturated heterocycles. The molecule has 0 spiro atoms. The largest absolute Gasteiger partial charge is 0.469 e. The summed E-state index contributed by atoms with van der Waals surface area (Å²) in [5, 5.41) is 5.81. The van der Waals surface area contributed by atoms with Crippen LogP contribution in [0.2, 0.25) is 0 Å². The maximum Gasteiger partial charge on any atom is 0.305 e. The molecule has 0 aliphatic carbocycles. The lowest BCUT2D eigenvalue weighted by Crippen LogP contribution is -2.22. The van der Waals surface area contributed by atoms with Crippen molar-refractivity contribution >= 4 is 16.9 Å². The number of benzene rings is 1. The molecule has 0 bridgehead atoms. The van der Waals surface area contributed by atoms with Gasteiger partial charge in [-0.15, -0.1) is 0 Å². The lowest BCUT2D eigenvalue weighted by atomic mass is 10.1. The summed E-state index contributed by atoms with van der Waals surface area (Å²) < 4.78 is 12.2. The number of hydrogen-bond acceptors (Lipinski definition) is 5. The van der Waals surface area contributed by atoms with Crippen LogP contribution >= 0.6 is 0 Å². The summed E-state index contributed by atoms with van der Waals surface area (Å²) in [6.45, 7) is 3.74. The van der Waals surface area contributed by atoms with Crippen LogP contribution in [0.5, 0.6) is 0 Å². The van der Waals surface area contributed by atoms with Gasteiger partial charge in [0.1, 0.15) is 5.58 Å². The third kappa shape index (κ3) is 3.65. The van der Waals surface area contributed by atoms with E-state index in [-0.39, 0.29) is 5.97 Å². The molecule has 1 aromatic carbocycles. The zero-order valence-corrected chi connectivity index (χ0v) is 15.0. The Hall–Kier alpha value is -2.60. The summed E-state index contributed by atoms with van der Waals surface area (Å²) in [7, 11) is 1.42. The number of aryl methyl sites for hydroxylation is 2. The first-order chi connectivity index (χ1) is 12.7. The van der Waals surface area contributed by atoms with E-state index in [1.807, 2.05) is 12.1 Å². The van der Waals surface area contributed by atoms with E-state index in [1.54, 1.807) is 6.26 Å². The molecule has 0 fully saturated rings. The lowest BCUT2D eigenvalue weighted by Gasteiger charge is -2.19. The lowest BCUT2D eigenvalue weighted by molar-refractivity contribution is -0.140. The molecule has 6 nitrogen and oxygen atoms in total. The van der Waals surface area contributed by atoms with Gasteiger partial charge in [0.2, 0.25) is 0 Å². The third-order valence-corrected chi connectivity index (χ3v) is 4.88. The van der Waals surface area contributed by atoms with Gasteiger partial charge in [-0.2, -0.15) is 5.10 Å². The number of methoxy groups -OCH3 is 1. The van der Waals surface area contributed by atoms with Gasteiger partial charge < -0.3 is 9.15 Å². The van der Waals surface area contributed by atoms with Crippen molar-refractivity contribution in [3.63, 3.8) is 0 Å². The Balaban J connectivity index is 1.45. The van der Waals surface area contributed by atoms with Gasteiger partial charge in [0.15, 0.2) is 0 Å². The minimum absolute atomic E-state index is 0.190. The highest BCUT2D eigenvalue weighted by atomic mass is 16.5. The van der Waals surface area contributed by atoms with E-state index in [9.17, 15) is 4.79 Å². The van der Waals surface area contributed by atoms with Crippen LogP contribution in [-0.2, 0) is 35.6 Å². The fraction of sp³-hybridized carbons (Fsp3) is 0.400. The Morgan fingerprint density at radius 3 is 3.08 bits per heavy atom. The van der Waals surface area contributed by atoms with Crippen LogP contribution in [0.3, 0.4) is 0 Å². The zero-order valence-electron chi connectivity index (χ0n) is 15.0. The number of aromatic nitrogens is 2. The molecule has 3 aromatic rings. The van der Waals surface area contributed by atoms with Crippen molar-refractivity contribution in [1.82, 2.24) is 14.7 Å². The average molecular weight is 353 g/mol. The number of nitrogens with zero attached hydrogens (tertiary/aromatic N) is 3. The van der Waals surface area contributed by atoms with Crippen molar-refractivity contribution in [2.24, 2.45) is 0 Å². The highest BCUT2D eigenvalue weighted by Crippen LogP contribution is 2.21. The number of fused-ring (bicyclic) bond motifs is 2. The first kappa shape index (κ1) is 16.8. The predicted molar refractivity (Wildman–Crippen MR) is 97.5 cm³/mol. The molecular formula is C20H23N3O3. The minimum atomic E-state index is -0.190. The number of furan rings is 1. The minimum Gasteiger partial charge on any atom is -0.469 e. The van der Waals surface area contributed by atoms with Gasteiger partial charge in [-0.1, -0.05) is 6.07 Å². The molecule has 4 rings (SSSR count). The van der Waals surface area contributed by atoms with Crippen LogP contribution < -0.4 is 0 Å². The molecule has 1 aliphatic rings. The summed E-state index contributed by atoms with van der Waals surface area (Å²) in [6, 6.07) is 10.5. The van der Waals surface area contributed by atoms with E-state index in [4.69, 9.17) is 9.15 Å². The van der Waals surface area contributed by atoms with Gasteiger partial charge in [0.25, 0.3) is 0 Å². The molecule has 0 N–H and O–H groups in total. The van der Waals surface area contributed by atoms with Crippen molar-refractivity contribution < 1.29 is 13.9 Å². The maximum absolute atomic E-state index is 11.3. The number of rotatable bonds is 5. The topological polar surface area (TPSA) is 60.5 Å². The van der Waals surface area contributed by atoms with Crippen molar-refractivity contribution in [2.45, 2.75) is 38.9 Å². The first-order valence-corrected chi connectivity index (χ1v) is 9.02. The van der Waals surface area contributed by atoms with Crippen LogP contribution in [0.1, 0.15) is 29.8 Å². The number of hydrogen-bond donors (Lipinski definition) is 0. The molecule has 1 aliphatic heterocycles. The van der Waals surface area contributed by atoms with Crippen LogP contribution in [0, 0.1) is 0 Å². The highest BCUT2D eigenvalue weighted by Gasteiger charge is 2.17. The molecule has 136 valence electrons. The molecule has 0 unspecified atom stereocenters. The van der Waals surface area contributed by atoms with E-state index in [2.05, 4.69) is 32.9 Å². The molecule has 0 atom stereocenters. The summed E-state index contributed by atoms with van der Waals surface area (Å²) in [5.41, 5.74) is 4.40. The van der Waals surface area contributed by atoms with Gasteiger partial charge in [0, 0.05) is 38.0 Å². The van der Waals surface area contributed by atoms with Gasteiger partial charge in [-0.25, -0.2) is 0 Å². The smallest absolute Gasteiger partial charge is 0.305 e. The Kier molecular flexibility index (Phi) is 4.75. The van der Waals surface area contributed by atoms with E-state index >= 15 is 0 Å². The second-order valence-electron chi connectivity index (χ2n) is 6.78. The van der Waals surface area contributed by atoms with Gasteiger partial charge in [-0.3, -0.25) is 14.4 Å². The second kappa shape index (κ2) is 7.33. The summed E-state index contributed by atoms with van der Waals surface area (Å²) in [6.07, 6.45) is 3.80. The molecular weight excluding hydrogens is 330 g/mol. The molecule has 3 heterocycles. The SMILES string of the molecule is COC(=O)CCc1cc2n(n1)CCCN(Cc1ccc3occc3c1)C2. The predicted octanol–water partition coefficient (Wildman–Crippen LogP) is 3.14. The van der Waals surface area contributed by atoms with Gasteiger partial charge >= 0.3 is 5.97 Å².